The van der Waals surface area contributed by atoms with Crippen LogP contribution in [0.2, 0.25) is 18.1 Å². The van der Waals surface area contributed by atoms with E-state index in [-0.39, 0.29) is 29.6 Å². The van der Waals surface area contributed by atoms with E-state index in [0.29, 0.717) is 13.2 Å². The van der Waals surface area contributed by atoms with Crippen molar-refractivity contribution in [3.05, 3.63) is 42.0 Å². The minimum absolute atomic E-state index is 0.0312. The molecule has 0 bridgehead atoms. The number of hydrogen-bond donors (Lipinski definition) is 2. The standard InChI is InChI=1S/C29H50O6Si/c1-11-12-20(2)27-29(7,35-27)26(31)24(19-34-36(9,10)28(4,5)6)25(30)21(3)17-33-18-22-13-15-23(32-8)16-14-22/h11-16,20-21,24-27,30-31H,17-19H2,1-10H3/b12-11-/t20-,21+,24-,25-,26-,27+,29+/m0/s1. The molecule has 2 N–H and O–H groups in total. The predicted octanol–water partition coefficient (Wildman–Crippen LogP) is 5.58. The molecule has 0 saturated carbocycles. The molecule has 1 aliphatic rings. The number of ether oxygens (including phenoxy) is 3. The van der Waals surface area contributed by atoms with Crippen LogP contribution < -0.4 is 4.74 Å². The van der Waals surface area contributed by atoms with Gasteiger partial charge in [0.25, 0.3) is 0 Å². The summed E-state index contributed by atoms with van der Waals surface area (Å²) in [6.07, 6.45) is 2.34. The van der Waals surface area contributed by atoms with E-state index in [0.717, 1.165) is 11.3 Å². The zero-order valence-electron chi connectivity index (χ0n) is 24.1. The van der Waals surface area contributed by atoms with Crippen molar-refractivity contribution in [1.29, 1.82) is 0 Å². The first-order valence-electron chi connectivity index (χ1n) is 13.2. The van der Waals surface area contributed by atoms with Crippen LogP contribution in [0.5, 0.6) is 5.75 Å². The van der Waals surface area contributed by atoms with Gasteiger partial charge in [0.1, 0.15) is 11.4 Å². The molecule has 1 aromatic rings. The normalized spacial score (nSPS) is 24.8. The lowest BCUT2D eigenvalue weighted by Gasteiger charge is -2.40. The number of rotatable bonds is 14. The summed E-state index contributed by atoms with van der Waals surface area (Å²) < 4.78 is 23.7. The second kappa shape index (κ2) is 12.5. The zero-order chi connectivity index (χ0) is 27.3. The Hall–Kier alpha value is -1.22. The van der Waals surface area contributed by atoms with Gasteiger partial charge in [-0.3, -0.25) is 0 Å². The fourth-order valence-corrected chi connectivity index (χ4v) is 5.48. The van der Waals surface area contributed by atoms with Crippen molar-refractivity contribution in [3.63, 3.8) is 0 Å². The monoisotopic (exact) mass is 522 g/mol. The number of aliphatic hydroxyl groups excluding tert-OH is 2. The quantitative estimate of drug-likeness (QED) is 0.189. The molecule has 7 atom stereocenters. The Morgan fingerprint density at radius 3 is 2.25 bits per heavy atom. The molecule has 7 heteroatoms. The third kappa shape index (κ3) is 7.65. The number of hydrogen-bond acceptors (Lipinski definition) is 6. The largest absolute Gasteiger partial charge is 0.497 e. The lowest BCUT2D eigenvalue weighted by molar-refractivity contribution is -0.0772. The van der Waals surface area contributed by atoms with E-state index in [1.165, 1.54) is 0 Å². The van der Waals surface area contributed by atoms with E-state index in [9.17, 15) is 10.2 Å². The summed E-state index contributed by atoms with van der Waals surface area (Å²) in [4.78, 5) is 0. The van der Waals surface area contributed by atoms with Crippen molar-refractivity contribution < 1.29 is 28.8 Å². The van der Waals surface area contributed by atoms with Gasteiger partial charge in [-0.25, -0.2) is 0 Å². The van der Waals surface area contributed by atoms with Crippen LogP contribution >= 0.6 is 0 Å². The van der Waals surface area contributed by atoms with E-state index in [1.807, 2.05) is 51.1 Å². The summed E-state index contributed by atoms with van der Waals surface area (Å²) in [6, 6.07) is 7.75. The molecule has 0 aliphatic carbocycles. The summed E-state index contributed by atoms with van der Waals surface area (Å²) in [5.41, 5.74) is 0.320. The highest BCUT2D eigenvalue weighted by Crippen LogP contribution is 2.47. The summed E-state index contributed by atoms with van der Waals surface area (Å²) in [6.45, 7) is 20.0. The third-order valence-corrected chi connectivity index (χ3v) is 12.6. The first kappa shape index (κ1) is 31.0. The molecule has 1 heterocycles. The second-order valence-corrected chi connectivity index (χ2v) is 16.9. The Kier molecular flexibility index (Phi) is 10.8. The molecule has 1 aromatic carbocycles. The van der Waals surface area contributed by atoms with Crippen LogP contribution in [0.1, 0.15) is 54.0 Å². The van der Waals surface area contributed by atoms with Gasteiger partial charge in [-0.1, -0.05) is 58.9 Å². The maximum absolute atomic E-state index is 11.5. The Labute approximate surface area is 220 Å². The fraction of sp³-hybridized carbons (Fsp3) is 0.724. The summed E-state index contributed by atoms with van der Waals surface area (Å²) in [5.74, 6) is 0.295. The second-order valence-electron chi connectivity index (χ2n) is 12.1. The number of aliphatic hydroxyl groups is 2. The van der Waals surface area contributed by atoms with Gasteiger partial charge >= 0.3 is 0 Å². The molecule has 1 saturated heterocycles. The Balaban J connectivity index is 2.10. The minimum Gasteiger partial charge on any atom is -0.497 e. The van der Waals surface area contributed by atoms with Crippen molar-refractivity contribution in [2.75, 3.05) is 20.3 Å². The van der Waals surface area contributed by atoms with Gasteiger partial charge in [0.05, 0.1) is 38.6 Å². The van der Waals surface area contributed by atoms with Crippen LogP contribution in [0, 0.1) is 17.8 Å². The Morgan fingerprint density at radius 2 is 1.72 bits per heavy atom. The molecule has 6 nitrogen and oxygen atoms in total. The fourth-order valence-electron chi connectivity index (χ4n) is 4.44. The van der Waals surface area contributed by atoms with Gasteiger partial charge in [0.15, 0.2) is 8.32 Å². The van der Waals surface area contributed by atoms with Gasteiger partial charge < -0.3 is 28.8 Å². The third-order valence-electron chi connectivity index (χ3n) is 8.13. The Morgan fingerprint density at radius 1 is 1.11 bits per heavy atom. The van der Waals surface area contributed by atoms with Gasteiger partial charge in [0.2, 0.25) is 0 Å². The molecule has 206 valence electrons. The van der Waals surface area contributed by atoms with Crippen molar-refractivity contribution in [1.82, 2.24) is 0 Å². The topological polar surface area (TPSA) is 80.7 Å². The van der Waals surface area contributed by atoms with Crippen LogP contribution in [-0.2, 0) is 20.5 Å². The number of benzene rings is 1. The smallest absolute Gasteiger partial charge is 0.191 e. The zero-order valence-corrected chi connectivity index (χ0v) is 25.1. The molecular weight excluding hydrogens is 472 g/mol. The van der Waals surface area contributed by atoms with E-state index < -0.39 is 32.0 Å². The molecule has 1 aliphatic heterocycles. The van der Waals surface area contributed by atoms with Crippen molar-refractivity contribution in [2.45, 2.75) is 97.1 Å². The van der Waals surface area contributed by atoms with Crippen molar-refractivity contribution >= 4 is 8.32 Å². The van der Waals surface area contributed by atoms with Crippen LogP contribution in [0.25, 0.3) is 0 Å². The Bertz CT molecular complexity index is 833. The first-order chi connectivity index (χ1) is 16.7. The highest BCUT2D eigenvalue weighted by molar-refractivity contribution is 6.74. The van der Waals surface area contributed by atoms with Gasteiger partial charge in [-0.2, -0.15) is 0 Å². The summed E-state index contributed by atoms with van der Waals surface area (Å²) in [7, 11) is -0.434. The number of methoxy groups -OCH3 is 1. The molecule has 0 radical (unpaired) electrons. The van der Waals surface area contributed by atoms with Crippen molar-refractivity contribution in [3.8, 4) is 5.75 Å². The van der Waals surface area contributed by atoms with E-state index >= 15 is 0 Å². The number of epoxide rings is 1. The van der Waals surface area contributed by atoms with Crippen LogP contribution in [0.4, 0.5) is 0 Å². The average molecular weight is 523 g/mol. The molecule has 0 aromatic heterocycles. The molecule has 0 amide bonds. The molecule has 2 rings (SSSR count). The van der Waals surface area contributed by atoms with E-state index in [1.54, 1.807) is 7.11 Å². The predicted molar refractivity (Wildman–Crippen MR) is 148 cm³/mol. The summed E-state index contributed by atoms with van der Waals surface area (Å²) in [5, 5.41) is 23.0. The van der Waals surface area contributed by atoms with Gasteiger partial charge in [0, 0.05) is 24.4 Å². The van der Waals surface area contributed by atoms with Crippen LogP contribution in [-0.4, -0.2) is 62.8 Å². The molecule has 0 spiro atoms. The lowest BCUT2D eigenvalue weighted by atomic mass is 9.80. The van der Waals surface area contributed by atoms with Crippen molar-refractivity contribution in [2.24, 2.45) is 17.8 Å². The maximum Gasteiger partial charge on any atom is 0.191 e. The minimum atomic E-state index is -2.08. The SMILES string of the molecule is C/C=C\[C@H](C)[C@H]1O[C@]1(C)[C@@H](O)[C@@H](CO[Si](C)(C)C(C)(C)C)[C@@H](O)[C@H](C)COCc1ccc(OC)cc1. The average Bonchev–Trinajstić information content (AvgIpc) is 3.51. The van der Waals surface area contributed by atoms with E-state index in [2.05, 4.69) is 46.9 Å². The van der Waals surface area contributed by atoms with Crippen LogP contribution in [0.15, 0.2) is 36.4 Å². The van der Waals surface area contributed by atoms with Gasteiger partial charge in [-0.05, 0) is 49.7 Å². The van der Waals surface area contributed by atoms with E-state index in [4.69, 9.17) is 18.6 Å². The maximum atomic E-state index is 11.5. The highest BCUT2D eigenvalue weighted by atomic mass is 28.4. The molecule has 0 unspecified atom stereocenters. The molecular formula is C29H50O6Si. The lowest BCUT2D eigenvalue weighted by Crippen LogP contribution is -2.50. The van der Waals surface area contributed by atoms with Crippen LogP contribution in [0.3, 0.4) is 0 Å². The summed E-state index contributed by atoms with van der Waals surface area (Å²) >= 11 is 0. The highest BCUT2D eigenvalue weighted by Gasteiger charge is 2.61. The first-order valence-corrected chi connectivity index (χ1v) is 16.1. The molecule has 36 heavy (non-hydrogen) atoms. The molecule has 1 fully saturated rings. The van der Waals surface area contributed by atoms with Gasteiger partial charge in [-0.15, -0.1) is 0 Å². The number of allylic oxidation sites excluding steroid dienone is 1.